The van der Waals surface area contributed by atoms with Gasteiger partial charge < -0.3 is 4.90 Å². The summed E-state index contributed by atoms with van der Waals surface area (Å²) >= 11 is 0. The minimum absolute atomic E-state index is 0.0209. The lowest BCUT2D eigenvalue weighted by molar-refractivity contribution is 0.191. The molecule has 15 heavy (non-hydrogen) atoms. The van der Waals surface area contributed by atoms with Crippen LogP contribution in [0.3, 0.4) is 0 Å². The largest absolute Gasteiger partial charge is 0.323 e. The first kappa shape index (κ1) is 10.2. The van der Waals surface area contributed by atoms with E-state index in [0.29, 0.717) is 18.3 Å². The Kier molecular flexibility index (Phi) is 2.75. The second-order valence-electron chi connectivity index (χ2n) is 4.12. The van der Waals surface area contributed by atoms with E-state index >= 15 is 0 Å². The van der Waals surface area contributed by atoms with Crippen LogP contribution in [-0.2, 0) is 0 Å². The van der Waals surface area contributed by atoms with Crippen LogP contribution in [0.2, 0.25) is 0 Å². The van der Waals surface area contributed by atoms with Crippen molar-refractivity contribution < 1.29 is 4.79 Å². The SMILES string of the molecule is CCN1C(=O)NC(=N)C1C1CC=CCC1. The molecule has 2 amide bonds. The van der Waals surface area contributed by atoms with E-state index in [1.54, 1.807) is 4.90 Å². The zero-order valence-corrected chi connectivity index (χ0v) is 8.99. The van der Waals surface area contributed by atoms with Crippen LogP contribution in [-0.4, -0.2) is 29.4 Å². The predicted octanol–water partition coefficient (Wildman–Crippen LogP) is 1.73. The van der Waals surface area contributed by atoms with Crippen molar-refractivity contribution in [2.45, 2.75) is 32.2 Å². The fraction of sp³-hybridized carbons (Fsp3) is 0.636. The first-order chi connectivity index (χ1) is 7.24. The van der Waals surface area contributed by atoms with Crippen LogP contribution < -0.4 is 5.32 Å². The van der Waals surface area contributed by atoms with Crippen LogP contribution in [0.25, 0.3) is 0 Å². The molecule has 82 valence electrons. The van der Waals surface area contributed by atoms with Crippen molar-refractivity contribution >= 4 is 11.9 Å². The standard InChI is InChI=1S/C11H17N3O/c1-2-14-9(10(12)13-11(14)15)8-6-4-3-5-7-8/h3-4,8-9H,2,5-7H2,1H3,(H2,12,13,15). The molecular weight excluding hydrogens is 190 g/mol. The summed E-state index contributed by atoms with van der Waals surface area (Å²) < 4.78 is 0. The van der Waals surface area contributed by atoms with E-state index in [4.69, 9.17) is 5.41 Å². The maximum absolute atomic E-state index is 11.5. The minimum atomic E-state index is -0.109. The molecular formula is C11H17N3O. The van der Waals surface area contributed by atoms with Gasteiger partial charge in [0.2, 0.25) is 0 Å². The zero-order valence-electron chi connectivity index (χ0n) is 8.99. The number of hydrogen-bond acceptors (Lipinski definition) is 2. The number of urea groups is 1. The van der Waals surface area contributed by atoms with Gasteiger partial charge in [-0.25, -0.2) is 4.79 Å². The third-order valence-corrected chi connectivity index (χ3v) is 3.23. The monoisotopic (exact) mass is 207 g/mol. The molecule has 1 saturated heterocycles. The van der Waals surface area contributed by atoms with Crippen LogP contribution in [0.1, 0.15) is 26.2 Å². The molecule has 2 unspecified atom stereocenters. The lowest BCUT2D eigenvalue weighted by Crippen LogP contribution is -2.40. The fourth-order valence-corrected chi connectivity index (χ4v) is 2.48. The van der Waals surface area contributed by atoms with Crippen LogP contribution >= 0.6 is 0 Å². The van der Waals surface area contributed by atoms with Crippen molar-refractivity contribution in [1.82, 2.24) is 10.2 Å². The number of nitrogens with one attached hydrogen (secondary N) is 2. The third kappa shape index (κ3) is 1.76. The van der Waals surface area contributed by atoms with Crippen molar-refractivity contribution in [2.75, 3.05) is 6.54 Å². The summed E-state index contributed by atoms with van der Waals surface area (Å²) in [4.78, 5) is 13.3. The van der Waals surface area contributed by atoms with E-state index in [2.05, 4.69) is 17.5 Å². The molecule has 0 aromatic rings. The first-order valence-electron chi connectivity index (χ1n) is 5.55. The number of nitrogens with zero attached hydrogens (tertiary/aromatic N) is 1. The Morgan fingerprint density at radius 1 is 1.60 bits per heavy atom. The van der Waals surface area contributed by atoms with Crippen LogP contribution in [0.4, 0.5) is 4.79 Å². The Balaban J connectivity index is 2.15. The number of allylic oxidation sites excluding steroid dienone is 2. The number of carbonyl (C=O) groups is 1. The third-order valence-electron chi connectivity index (χ3n) is 3.23. The van der Waals surface area contributed by atoms with Gasteiger partial charge in [-0.1, -0.05) is 12.2 Å². The second kappa shape index (κ2) is 4.04. The number of likely N-dealkylation sites (N-methyl/N-ethyl adjacent to an activating group) is 1. The summed E-state index contributed by atoms with van der Waals surface area (Å²) in [7, 11) is 0. The average molecular weight is 207 g/mol. The number of amidine groups is 1. The van der Waals surface area contributed by atoms with Crippen LogP contribution in [0, 0.1) is 11.3 Å². The quantitative estimate of drug-likeness (QED) is 0.666. The molecule has 4 heteroatoms. The van der Waals surface area contributed by atoms with E-state index in [9.17, 15) is 4.79 Å². The Labute approximate surface area is 89.8 Å². The molecule has 0 aromatic heterocycles. The molecule has 2 aliphatic rings. The van der Waals surface area contributed by atoms with Crippen molar-refractivity contribution in [3.05, 3.63) is 12.2 Å². The van der Waals surface area contributed by atoms with Gasteiger partial charge in [0.25, 0.3) is 0 Å². The molecule has 1 aliphatic carbocycles. The van der Waals surface area contributed by atoms with E-state index < -0.39 is 0 Å². The van der Waals surface area contributed by atoms with Crippen molar-refractivity contribution in [2.24, 2.45) is 5.92 Å². The van der Waals surface area contributed by atoms with Crippen LogP contribution in [0.15, 0.2) is 12.2 Å². The summed E-state index contributed by atoms with van der Waals surface area (Å²) in [5.41, 5.74) is 0. The Hall–Kier alpha value is -1.32. The van der Waals surface area contributed by atoms with Gasteiger partial charge >= 0.3 is 6.03 Å². The van der Waals surface area contributed by atoms with E-state index in [-0.39, 0.29) is 12.1 Å². The summed E-state index contributed by atoms with van der Waals surface area (Å²) in [6, 6.07) is -0.130. The van der Waals surface area contributed by atoms with Crippen LogP contribution in [0.5, 0.6) is 0 Å². The van der Waals surface area contributed by atoms with Gasteiger partial charge in [-0.2, -0.15) is 0 Å². The van der Waals surface area contributed by atoms with Gasteiger partial charge in [0, 0.05) is 6.54 Å². The van der Waals surface area contributed by atoms with Gasteiger partial charge in [0.05, 0.1) is 6.04 Å². The molecule has 4 nitrogen and oxygen atoms in total. The minimum Gasteiger partial charge on any atom is -0.314 e. The lowest BCUT2D eigenvalue weighted by atomic mass is 9.87. The highest BCUT2D eigenvalue weighted by atomic mass is 16.2. The molecule has 0 saturated carbocycles. The normalized spacial score (nSPS) is 30.9. The number of amides is 2. The molecule has 2 atom stereocenters. The molecule has 1 heterocycles. The fourth-order valence-electron chi connectivity index (χ4n) is 2.48. The maximum atomic E-state index is 11.5. The molecule has 0 spiro atoms. The lowest BCUT2D eigenvalue weighted by Gasteiger charge is -2.29. The Morgan fingerprint density at radius 3 is 3.00 bits per heavy atom. The number of carbonyl (C=O) groups excluding carboxylic acids is 1. The molecule has 1 fully saturated rings. The maximum Gasteiger partial charge on any atom is 0.323 e. The Bertz CT molecular complexity index is 311. The van der Waals surface area contributed by atoms with Gasteiger partial charge in [0.15, 0.2) is 0 Å². The van der Waals surface area contributed by atoms with E-state index in [0.717, 1.165) is 19.3 Å². The summed E-state index contributed by atoms with van der Waals surface area (Å²) in [6.45, 7) is 2.64. The molecule has 1 aliphatic heterocycles. The van der Waals surface area contributed by atoms with Crippen molar-refractivity contribution in [3.8, 4) is 0 Å². The number of hydrogen-bond donors (Lipinski definition) is 2. The highest BCUT2D eigenvalue weighted by Gasteiger charge is 2.39. The molecule has 0 radical (unpaired) electrons. The van der Waals surface area contributed by atoms with Crippen molar-refractivity contribution in [1.29, 1.82) is 5.41 Å². The van der Waals surface area contributed by atoms with Gasteiger partial charge in [0.1, 0.15) is 5.84 Å². The average Bonchev–Trinajstić information content (AvgIpc) is 2.54. The first-order valence-corrected chi connectivity index (χ1v) is 5.55. The zero-order chi connectivity index (χ0) is 10.8. The van der Waals surface area contributed by atoms with Crippen molar-refractivity contribution in [3.63, 3.8) is 0 Å². The predicted molar refractivity (Wildman–Crippen MR) is 58.9 cm³/mol. The second-order valence-corrected chi connectivity index (χ2v) is 4.12. The molecule has 0 aromatic carbocycles. The topological polar surface area (TPSA) is 56.2 Å². The number of rotatable bonds is 2. The van der Waals surface area contributed by atoms with E-state index in [1.165, 1.54) is 0 Å². The summed E-state index contributed by atoms with van der Waals surface area (Å²) in [6.07, 6.45) is 7.48. The van der Waals surface area contributed by atoms with Gasteiger partial charge in [-0.15, -0.1) is 0 Å². The summed E-state index contributed by atoms with van der Waals surface area (Å²) in [5, 5.41) is 10.4. The molecule has 0 bridgehead atoms. The summed E-state index contributed by atoms with van der Waals surface area (Å²) in [5.74, 6) is 0.795. The Morgan fingerprint density at radius 2 is 2.40 bits per heavy atom. The highest BCUT2D eigenvalue weighted by molar-refractivity contribution is 6.05. The molecule has 2 rings (SSSR count). The van der Waals surface area contributed by atoms with Gasteiger partial charge in [-0.3, -0.25) is 10.7 Å². The van der Waals surface area contributed by atoms with Gasteiger partial charge in [-0.05, 0) is 32.1 Å². The smallest absolute Gasteiger partial charge is 0.314 e. The molecule has 2 N–H and O–H groups in total. The highest BCUT2D eigenvalue weighted by Crippen LogP contribution is 2.27. The van der Waals surface area contributed by atoms with E-state index in [1.807, 2.05) is 6.92 Å².